The molecular weight excluding hydrogens is 409 g/mol. The van der Waals surface area contributed by atoms with Crippen molar-refractivity contribution in [2.75, 3.05) is 0 Å². The summed E-state index contributed by atoms with van der Waals surface area (Å²) < 4.78 is 41.3. The van der Waals surface area contributed by atoms with E-state index in [1.807, 2.05) is 0 Å². The Balaban J connectivity index is 1.73. The molecule has 1 N–H and O–H groups in total. The van der Waals surface area contributed by atoms with Crippen LogP contribution in [0.3, 0.4) is 0 Å². The van der Waals surface area contributed by atoms with Gasteiger partial charge in [0.2, 0.25) is 5.91 Å². The SMILES string of the molecule is Cn1c(-c2ccc(Cl)cc2)nn(CC(=O)NCc2ccccc2C(F)(F)F)c1=O. The van der Waals surface area contributed by atoms with Gasteiger partial charge in [-0.05, 0) is 35.9 Å². The number of amides is 1. The van der Waals surface area contributed by atoms with Crippen LogP contribution in [0.2, 0.25) is 5.02 Å². The first kappa shape index (κ1) is 20.7. The van der Waals surface area contributed by atoms with Crippen LogP contribution in [-0.2, 0) is 31.1 Å². The molecule has 1 heterocycles. The van der Waals surface area contributed by atoms with E-state index in [1.165, 1.54) is 29.8 Å². The molecule has 6 nitrogen and oxygen atoms in total. The summed E-state index contributed by atoms with van der Waals surface area (Å²) in [6.07, 6.45) is -4.52. The van der Waals surface area contributed by atoms with E-state index in [-0.39, 0.29) is 12.1 Å². The number of benzene rings is 2. The molecule has 0 atom stereocenters. The lowest BCUT2D eigenvalue weighted by atomic mass is 10.1. The number of alkyl halides is 3. The van der Waals surface area contributed by atoms with Crippen molar-refractivity contribution in [1.29, 1.82) is 0 Å². The van der Waals surface area contributed by atoms with Crippen molar-refractivity contribution in [2.24, 2.45) is 7.05 Å². The Morgan fingerprint density at radius 2 is 1.79 bits per heavy atom. The summed E-state index contributed by atoms with van der Waals surface area (Å²) in [5.74, 6) is -0.299. The topological polar surface area (TPSA) is 68.9 Å². The van der Waals surface area contributed by atoms with E-state index in [0.29, 0.717) is 16.4 Å². The highest BCUT2D eigenvalue weighted by molar-refractivity contribution is 6.30. The molecule has 0 aliphatic heterocycles. The van der Waals surface area contributed by atoms with Crippen LogP contribution in [0.1, 0.15) is 11.1 Å². The number of halogens is 4. The molecule has 0 spiro atoms. The van der Waals surface area contributed by atoms with Crippen molar-refractivity contribution in [2.45, 2.75) is 19.3 Å². The minimum Gasteiger partial charge on any atom is -0.350 e. The maximum atomic E-state index is 13.0. The van der Waals surface area contributed by atoms with Crippen molar-refractivity contribution < 1.29 is 18.0 Å². The van der Waals surface area contributed by atoms with Crippen LogP contribution in [-0.4, -0.2) is 20.3 Å². The lowest BCUT2D eigenvalue weighted by molar-refractivity contribution is -0.138. The molecule has 0 aliphatic carbocycles. The summed E-state index contributed by atoms with van der Waals surface area (Å²) in [7, 11) is 1.51. The summed E-state index contributed by atoms with van der Waals surface area (Å²) in [5.41, 5.74) is -0.781. The van der Waals surface area contributed by atoms with Gasteiger partial charge in [-0.2, -0.15) is 13.2 Å². The molecule has 0 unspecified atom stereocenters. The maximum absolute atomic E-state index is 13.0. The van der Waals surface area contributed by atoms with Gasteiger partial charge in [-0.15, -0.1) is 5.10 Å². The van der Waals surface area contributed by atoms with Gasteiger partial charge in [-0.3, -0.25) is 9.36 Å². The Labute approximate surface area is 168 Å². The largest absolute Gasteiger partial charge is 0.416 e. The molecule has 0 saturated heterocycles. The fraction of sp³-hybridized carbons (Fsp3) is 0.211. The van der Waals surface area contributed by atoms with Crippen LogP contribution < -0.4 is 11.0 Å². The van der Waals surface area contributed by atoms with Crippen molar-refractivity contribution in [1.82, 2.24) is 19.7 Å². The Kier molecular flexibility index (Phi) is 5.78. The molecule has 10 heteroatoms. The van der Waals surface area contributed by atoms with Crippen LogP contribution in [0, 0.1) is 0 Å². The van der Waals surface area contributed by atoms with Gasteiger partial charge < -0.3 is 5.32 Å². The summed E-state index contributed by atoms with van der Waals surface area (Å²) >= 11 is 5.85. The Morgan fingerprint density at radius 3 is 2.45 bits per heavy atom. The van der Waals surface area contributed by atoms with Crippen molar-refractivity contribution in [3.63, 3.8) is 0 Å². The van der Waals surface area contributed by atoms with E-state index in [1.54, 1.807) is 24.3 Å². The van der Waals surface area contributed by atoms with E-state index in [4.69, 9.17) is 11.6 Å². The highest BCUT2D eigenvalue weighted by Crippen LogP contribution is 2.31. The third kappa shape index (κ3) is 4.68. The molecular formula is C19H16ClF3N4O2. The average molecular weight is 425 g/mol. The third-order valence-corrected chi connectivity index (χ3v) is 4.49. The van der Waals surface area contributed by atoms with Crippen molar-refractivity contribution in [3.8, 4) is 11.4 Å². The van der Waals surface area contributed by atoms with E-state index in [0.717, 1.165) is 10.7 Å². The molecule has 0 bridgehead atoms. The fourth-order valence-electron chi connectivity index (χ4n) is 2.78. The van der Waals surface area contributed by atoms with E-state index >= 15 is 0 Å². The number of nitrogens with one attached hydrogen (secondary N) is 1. The normalized spacial score (nSPS) is 11.5. The molecule has 0 saturated carbocycles. The smallest absolute Gasteiger partial charge is 0.350 e. The quantitative estimate of drug-likeness (QED) is 0.683. The molecule has 1 aromatic heterocycles. The van der Waals surface area contributed by atoms with E-state index in [9.17, 15) is 22.8 Å². The highest BCUT2D eigenvalue weighted by Gasteiger charge is 2.32. The average Bonchev–Trinajstić information content (AvgIpc) is 2.95. The van der Waals surface area contributed by atoms with Crippen LogP contribution in [0.25, 0.3) is 11.4 Å². The number of hydrogen-bond acceptors (Lipinski definition) is 3. The number of hydrogen-bond donors (Lipinski definition) is 1. The third-order valence-electron chi connectivity index (χ3n) is 4.24. The van der Waals surface area contributed by atoms with Gasteiger partial charge in [0.15, 0.2) is 5.82 Å². The molecule has 0 aliphatic rings. The molecule has 0 radical (unpaired) electrons. The summed E-state index contributed by atoms with van der Waals surface area (Å²) in [4.78, 5) is 24.5. The van der Waals surface area contributed by atoms with Gasteiger partial charge in [0.1, 0.15) is 6.54 Å². The van der Waals surface area contributed by atoms with Gasteiger partial charge in [-0.25, -0.2) is 9.48 Å². The molecule has 3 aromatic rings. The molecule has 1 amide bonds. The molecule has 3 rings (SSSR count). The summed E-state index contributed by atoms with van der Waals surface area (Å²) in [5, 5.41) is 7.07. The van der Waals surface area contributed by atoms with Crippen LogP contribution >= 0.6 is 11.6 Å². The second-order valence-corrected chi connectivity index (χ2v) is 6.70. The second-order valence-electron chi connectivity index (χ2n) is 6.26. The fourth-order valence-corrected chi connectivity index (χ4v) is 2.90. The Hall–Kier alpha value is -3.07. The Morgan fingerprint density at radius 1 is 1.14 bits per heavy atom. The molecule has 152 valence electrons. The first-order valence-electron chi connectivity index (χ1n) is 8.48. The molecule has 2 aromatic carbocycles. The molecule has 29 heavy (non-hydrogen) atoms. The monoisotopic (exact) mass is 424 g/mol. The zero-order valence-corrected chi connectivity index (χ0v) is 16.0. The van der Waals surface area contributed by atoms with Crippen LogP contribution in [0.4, 0.5) is 13.2 Å². The second kappa shape index (κ2) is 8.12. The number of carbonyl (C=O) groups excluding carboxylic acids is 1. The zero-order valence-electron chi connectivity index (χ0n) is 15.2. The lowest BCUT2D eigenvalue weighted by Crippen LogP contribution is -2.33. The minimum atomic E-state index is -4.52. The van der Waals surface area contributed by atoms with Crippen molar-refractivity contribution in [3.05, 3.63) is 75.2 Å². The minimum absolute atomic E-state index is 0.0661. The summed E-state index contributed by atoms with van der Waals surface area (Å²) in [6.45, 7) is -0.741. The van der Waals surface area contributed by atoms with E-state index in [2.05, 4.69) is 10.4 Å². The van der Waals surface area contributed by atoms with Crippen molar-refractivity contribution >= 4 is 17.5 Å². The number of rotatable bonds is 5. The Bertz CT molecular complexity index is 1090. The molecule has 0 fully saturated rings. The predicted molar refractivity (Wildman–Crippen MR) is 101 cm³/mol. The lowest BCUT2D eigenvalue weighted by Gasteiger charge is -2.13. The number of nitrogens with zero attached hydrogens (tertiary/aromatic N) is 3. The standard InChI is InChI=1S/C19H16ClF3N4O2/c1-26-17(12-6-8-14(20)9-7-12)25-27(18(26)29)11-16(28)24-10-13-4-2-3-5-15(13)19(21,22)23/h2-9H,10-11H2,1H3,(H,24,28). The maximum Gasteiger partial charge on any atom is 0.416 e. The first-order chi connectivity index (χ1) is 13.7. The van der Waals surface area contributed by atoms with Gasteiger partial charge in [0, 0.05) is 24.2 Å². The zero-order chi connectivity index (χ0) is 21.2. The number of carbonyl (C=O) groups is 1. The highest BCUT2D eigenvalue weighted by atomic mass is 35.5. The summed E-state index contributed by atoms with van der Waals surface area (Å²) in [6, 6.07) is 11.6. The predicted octanol–water partition coefficient (Wildman–Crippen LogP) is 3.24. The van der Waals surface area contributed by atoms with Gasteiger partial charge >= 0.3 is 11.9 Å². The van der Waals surface area contributed by atoms with Gasteiger partial charge in [0.05, 0.1) is 5.56 Å². The first-order valence-corrected chi connectivity index (χ1v) is 8.86. The van der Waals surface area contributed by atoms with Crippen LogP contribution in [0.15, 0.2) is 53.3 Å². The van der Waals surface area contributed by atoms with Crippen LogP contribution in [0.5, 0.6) is 0 Å². The van der Waals surface area contributed by atoms with Gasteiger partial charge in [-0.1, -0.05) is 29.8 Å². The number of aromatic nitrogens is 3. The van der Waals surface area contributed by atoms with E-state index < -0.39 is 29.9 Å². The van der Waals surface area contributed by atoms with Gasteiger partial charge in [0.25, 0.3) is 0 Å².